The molecule has 0 radical (unpaired) electrons. The molecule has 0 spiro atoms. The molecule has 146 valence electrons. The van der Waals surface area contributed by atoms with Crippen molar-refractivity contribution >= 4 is 21.5 Å². The van der Waals surface area contributed by atoms with Crippen molar-refractivity contribution in [1.29, 1.82) is 0 Å². The molecule has 1 N–H and O–H groups in total. The van der Waals surface area contributed by atoms with E-state index < -0.39 is 10.0 Å². The van der Waals surface area contributed by atoms with E-state index in [2.05, 4.69) is 38.5 Å². The number of nitrogens with one attached hydrogen (secondary N) is 1. The van der Waals surface area contributed by atoms with Crippen LogP contribution in [0.1, 0.15) is 31.6 Å². The Balaban J connectivity index is 1.48. The summed E-state index contributed by atoms with van der Waals surface area (Å²) >= 11 is 0. The van der Waals surface area contributed by atoms with Gasteiger partial charge in [0.1, 0.15) is 11.6 Å². The number of pyridine rings is 1. The Morgan fingerprint density at radius 2 is 1.96 bits per heavy atom. The minimum absolute atomic E-state index is 0.0659. The van der Waals surface area contributed by atoms with Crippen molar-refractivity contribution < 1.29 is 8.42 Å². The van der Waals surface area contributed by atoms with Gasteiger partial charge in [0.25, 0.3) is 10.0 Å². The molecule has 4 rings (SSSR count). The molecule has 2 aromatic rings. The minimum Gasteiger partial charge on any atom is -0.368 e. The molecule has 1 unspecified atom stereocenters. The lowest BCUT2D eigenvalue weighted by Gasteiger charge is -2.33. The fourth-order valence-electron chi connectivity index (χ4n) is 3.69. The van der Waals surface area contributed by atoms with Crippen LogP contribution in [0.15, 0.2) is 29.6 Å². The van der Waals surface area contributed by atoms with Crippen LogP contribution in [0.3, 0.4) is 0 Å². The quantitative estimate of drug-likeness (QED) is 0.856. The number of piperazine rings is 1. The lowest BCUT2D eigenvalue weighted by atomic mass is 10.1. The number of imidazole rings is 1. The maximum absolute atomic E-state index is 12.7. The first kappa shape index (κ1) is 18.2. The van der Waals surface area contributed by atoms with Gasteiger partial charge in [-0.2, -0.15) is 8.42 Å². The predicted molar refractivity (Wildman–Crippen MR) is 105 cm³/mol. The highest BCUT2D eigenvalue weighted by atomic mass is 32.2. The molecule has 1 atom stereocenters. The van der Waals surface area contributed by atoms with Crippen LogP contribution < -0.4 is 9.62 Å². The van der Waals surface area contributed by atoms with Crippen LogP contribution in [0.25, 0.3) is 0 Å². The molecule has 4 heterocycles. The molecular formula is C18H26N6O2S. The summed E-state index contributed by atoms with van der Waals surface area (Å²) in [5.74, 6) is 1.15. The molecule has 2 aromatic heterocycles. The first-order valence-electron chi connectivity index (χ1n) is 9.42. The highest BCUT2D eigenvalue weighted by Gasteiger charge is 2.25. The summed E-state index contributed by atoms with van der Waals surface area (Å²) < 4.78 is 29.9. The first-order valence-corrected chi connectivity index (χ1v) is 10.9. The Hall–Kier alpha value is -2.13. The van der Waals surface area contributed by atoms with E-state index in [4.69, 9.17) is 0 Å². The van der Waals surface area contributed by atoms with Crippen LogP contribution in [0.5, 0.6) is 0 Å². The molecule has 9 heteroatoms. The van der Waals surface area contributed by atoms with Crippen molar-refractivity contribution in [2.75, 3.05) is 42.8 Å². The van der Waals surface area contributed by atoms with Gasteiger partial charge in [-0.25, -0.2) is 9.97 Å². The molecule has 0 aromatic carbocycles. The molecule has 2 aliphatic heterocycles. The molecule has 8 nitrogen and oxygen atoms in total. The van der Waals surface area contributed by atoms with E-state index in [-0.39, 0.29) is 11.1 Å². The fourth-order valence-corrected chi connectivity index (χ4v) is 4.66. The van der Waals surface area contributed by atoms with E-state index in [1.54, 1.807) is 18.5 Å². The van der Waals surface area contributed by atoms with Crippen molar-refractivity contribution in [2.45, 2.75) is 37.3 Å². The number of sulfonamides is 1. The summed E-state index contributed by atoms with van der Waals surface area (Å²) in [5, 5.41) is 0.0659. The molecular weight excluding hydrogens is 364 g/mol. The van der Waals surface area contributed by atoms with Gasteiger partial charge in [-0.15, -0.1) is 0 Å². The second-order valence-electron chi connectivity index (χ2n) is 7.44. The van der Waals surface area contributed by atoms with Gasteiger partial charge in [-0.05, 0) is 38.9 Å². The fraction of sp³-hybridized carbons (Fsp3) is 0.556. The second kappa shape index (κ2) is 7.12. The Morgan fingerprint density at radius 3 is 2.63 bits per heavy atom. The van der Waals surface area contributed by atoms with Gasteiger partial charge in [0.2, 0.25) is 0 Å². The van der Waals surface area contributed by atoms with Crippen molar-refractivity contribution in [3.63, 3.8) is 0 Å². The smallest absolute Gasteiger partial charge is 0.282 e. The zero-order valence-corrected chi connectivity index (χ0v) is 16.6. The van der Waals surface area contributed by atoms with Crippen molar-refractivity contribution in [1.82, 2.24) is 19.4 Å². The van der Waals surface area contributed by atoms with E-state index in [0.29, 0.717) is 5.82 Å². The molecule has 0 bridgehead atoms. The Labute approximate surface area is 160 Å². The predicted octanol–water partition coefficient (Wildman–Crippen LogP) is 1.73. The topological polar surface area (TPSA) is 83.4 Å². The van der Waals surface area contributed by atoms with Gasteiger partial charge in [-0.1, -0.05) is 0 Å². The number of nitrogens with zero attached hydrogens (tertiary/aromatic N) is 5. The normalized spacial score (nSPS) is 21.1. The lowest BCUT2D eigenvalue weighted by Crippen LogP contribution is -2.44. The number of anilines is 2. The van der Waals surface area contributed by atoms with Crippen LogP contribution in [-0.4, -0.2) is 61.1 Å². The van der Waals surface area contributed by atoms with E-state index in [1.807, 2.05) is 10.6 Å². The van der Waals surface area contributed by atoms with Crippen molar-refractivity contribution in [3.05, 3.63) is 30.4 Å². The van der Waals surface area contributed by atoms with Gasteiger partial charge in [-0.3, -0.25) is 4.72 Å². The van der Waals surface area contributed by atoms with Crippen LogP contribution in [0.4, 0.5) is 11.5 Å². The maximum Gasteiger partial charge on any atom is 0.282 e. The number of likely N-dealkylation sites (N-methyl/N-ethyl adjacent to an activating group) is 1. The standard InChI is InChI=1S/C18H26N6O2S/c1-14-4-3-5-17-20-18(13-24(14)17)27(25,26)21-16-7-6-15(12-19-16)23-10-8-22(2)9-11-23/h6-7,12-14H,3-5,8-11H2,1-2H3,(H,19,21). The zero-order chi connectivity index (χ0) is 19.0. The van der Waals surface area contributed by atoms with E-state index in [1.165, 1.54) is 0 Å². The van der Waals surface area contributed by atoms with Crippen LogP contribution in [0.2, 0.25) is 0 Å². The van der Waals surface area contributed by atoms with Crippen LogP contribution in [0, 0.1) is 0 Å². The number of aryl methyl sites for hydroxylation is 1. The molecule has 0 amide bonds. The van der Waals surface area contributed by atoms with Crippen molar-refractivity contribution in [3.8, 4) is 0 Å². The van der Waals surface area contributed by atoms with Gasteiger partial charge in [0.15, 0.2) is 5.03 Å². The molecule has 1 fully saturated rings. The highest BCUT2D eigenvalue weighted by Crippen LogP contribution is 2.26. The number of rotatable bonds is 4. The molecule has 27 heavy (non-hydrogen) atoms. The first-order chi connectivity index (χ1) is 12.9. The number of hydrogen-bond donors (Lipinski definition) is 1. The van der Waals surface area contributed by atoms with Crippen LogP contribution >= 0.6 is 0 Å². The van der Waals surface area contributed by atoms with Crippen molar-refractivity contribution in [2.24, 2.45) is 0 Å². The lowest BCUT2D eigenvalue weighted by molar-refractivity contribution is 0.313. The third kappa shape index (κ3) is 3.79. The molecule has 2 aliphatic rings. The molecule has 0 saturated carbocycles. The largest absolute Gasteiger partial charge is 0.368 e. The second-order valence-corrected chi connectivity index (χ2v) is 9.07. The van der Waals surface area contributed by atoms with Crippen LogP contribution in [-0.2, 0) is 16.4 Å². The Bertz CT molecular complexity index is 900. The molecule has 0 aliphatic carbocycles. The number of hydrogen-bond acceptors (Lipinski definition) is 6. The van der Waals surface area contributed by atoms with E-state index in [0.717, 1.165) is 57.0 Å². The van der Waals surface area contributed by atoms with Gasteiger partial charge >= 0.3 is 0 Å². The Kier molecular flexibility index (Phi) is 4.81. The third-order valence-electron chi connectivity index (χ3n) is 5.41. The van der Waals surface area contributed by atoms with E-state index >= 15 is 0 Å². The third-order valence-corrected chi connectivity index (χ3v) is 6.64. The number of aromatic nitrogens is 3. The monoisotopic (exact) mass is 390 g/mol. The van der Waals surface area contributed by atoms with E-state index in [9.17, 15) is 8.42 Å². The summed E-state index contributed by atoms with van der Waals surface area (Å²) in [4.78, 5) is 13.2. The van der Waals surface area contributed by atoms with Gasteiger partial charge in [0, 0.05) is 44.8 Å². The summed E-state index contributed by atoms with van der Waals surface area (Å²) in [7, 11) is -1.63. The number of fused-ring (bicyclic) bond motifs is 1. The zero-order valence-electron chi connectivity index (χ0n) is 15.8. The summed E-state index contributed by atoms with van der Waals surface area (Å²) in [6, 6.07) is 3.91. The van der Waals surface area contributed by atoms with Gasteiger partial charge < -0.3 is 14.4 Å². The highest BCUT2D eigenvalue weighted by molar-refractivity contribution is 7.92. The maximum atomic E-state index is 12.7. The molecule has 1 saturated heterocycles. The Morgan fingerprint density at radius 1 is 1.19 bits per heavy atom. The average Bonchev–Trinajstić information content (AvgIpc) is 3.10. The summed E-state index contributed by atoms with van der Waals surface area (Å²) in [6.45, 7) is 6.01. The van der Waals surface area contributed by atoms with Gasteiger partial charge in [0.05, 0.1) is 11.9 Å². The minimum atomic E-state index is -3.74. The summed E-state index contributed by atoms with van der Waals surface area (Å²) in [5.41, 5.74) is 1.01. The average molecular weight is 391 g/mol. The SMILES string of the molecule is CC1CCCc2nc(S(=O)(=O)Nc3ccc(N4CCN(C)CC4)cn3)cn21. The summed E-state index contributed by atoms with van der Waals surface area (Å²) in [6.07, 6.45) is 6.27.